The molecule has 184 valence electrons. The number of carboxylic acids is 1. The van der Waals surface area contributed by atoms with E-state index in [9.17, 15) is 14.4 Å². The molecule has 0 aromatic heterocycles. The van der Waals surface area contributed by atoms with Gasteiger partial charge in [-0.05, 0) is 59.8 Å². The molecule has 2 saturated carbocycles. The van der Waals surface area contributed by atoms with Gasteiger partial charge in [-0.15, -0.1) is 0 Å². The van der Waals surface area contributed by atoms with Gasteiger partial charge in [-0.25, -0.2) is 4.79 Å². The lowest BCUT2D eigenvalue weighted by Gasteiger charge is -2.41. The van der Waals surface area contributed by atoms with E-state index in [1.165, 1.54) is 22.3 Å². The second-order valence-electron chi connectivity index (χ2n) is 10.3. The van der Waals surface area contributed by atoms with E-state index in [1.54, 1.807) is 0 Å². The quantitative estimate of drug-likeness (QED) is 0.522. The van der Waals surface area contributed by atoms with Crippen LogP contribution in [0.5, 0.6) is 0 Å². The van der Waals surface area contributed by atoms with E-state index in [2.05, 4.69) is 34.9 Å². The van der Waals surface area contributed by atoms with E-state index in [1.807, 2.05) is 24.3 Å². The summed E-state index contributed by atoms with van der Waals surface area (Å²) in [7, 11) is 0. The number of alkyl carbamates (subject to hydrolysis) is 1. The Morgan fingerprint density at radius 1 is 0.971 bits per heavy atom. The fourth-order valence-electron chi connectivity index (χ4n) is 5.96. The van der Waals surface area contributed by atoms with Crippen molar-refractivity contribution >= 4 is 18.0 Å². The van der Waals surface area contributed by atoms with Crippen LogP contribution in [-0.2, 0) is 14.3 Å². The van der Waals surface area contributed by atoms with Gasteiger partial charge in [0, 0.05) is 24.9 Å². The first-order valence-corrected chi connectivity index (χ1v) is 12.6. The summed E-state index contributed by atoms with van der Waals surface area (Å²) >= 11 is 0. The lowest BCUT2D eigenvalue weighted by Crippen LogP contribution is -2.46. The molecule has 2 aromatic carbocycles. The van der Waals surface area contributed by atoms with Gasteiger partial charge in [0.15, 0.2) is 0 Å². The molecule has 7 heteroatoms. The maximum absolute atomic E-state index is 12.7. The lowest BCUT2D eigenvalue weighted by atomic mass is 9.66. The van der Waals surface area contributed by atoms with Gasteiger partial charge in [-0.3, -0.25) is 9.59 Å². The molecule has 5 rings (SSSR count). The fraction of sp³-hybridized carbons (Fsp3) is 0.464. The molecule has 0 spiro atoms. The summed E-state index contributed by atoms with van der Waals surface area (Å²) in [4.78, 5) is 36.4. The van der Waals surface area contributed by atoms with Crippen LogP contribution in [0.2, 0.25) is 0 Å². The van der Waals surface area contributed by atoms with Crippen molar-refractivity contribution in [3.63, 3.8) is 0 Å². The van der Waals surface area contributed by atoms with Crippen LogP contribution in [0.15, 0.2) is 48.5 Å². The highest BCUT2D eigenvalue weighted by atomic mass is 16.5. The van der Waals surface area contributed by atoms with E-state index in [4.69, 9.17) is 9.84 Å². The van der Waals surface area contributed by atoms with E-state index in [0.29, 0.717) is 32.2 Å². The minimum Gasteiger partial charge on any atom is -0.481 e. The minimum atomic E-state index is -0.787. The molecule has 3 aliphatic rings. The van der Waals surface area contributed by atoms with E-state index in [0.717, 1.165) is 19.3 Å². The zero-order valence-corrected chi connectivity index (χ0v) is 19.8. The van der Waals surface area contributed by atoms with Crippen LogP contribution in [0.1, 0.15) is 62.0 Å². The minimum absolute atomic E-state index is 0.0117. The predicted molar refractivity (Wildman–Crippen MR) is 131 cm³/mol. The number of carbonyl (C=O) groups is 3. The Bertz CT molecular complexity index is 1080. The zero-order chi connectivity index (χ0) is 24.4. The number of rotatable bonds is 8. The Hall–Kier alpha value is -3.35. The largest absolute Gasteiger partial charge is 0.481 e. The number of carboxylic acid groups (broad SMARTS) is 1. The van der Waals surface area contributed by atoms with Gasteiger partial charge >= 0.3 is 12.1 Å². The third-order valence-electron chi connectivity index (χ3n) is 8.05. The predicted octanol–water partition coefficient (Wildman–Crippen LogP) is 4.46. The van der Waals surface area contributed by atoms with Crippen LogP contribution in [0.25, 0.3) is 11.1 Å². The summed E-state index contributed by atoms with van der Waals surface area (Å²) in [5.74, 6) is -1.20. The Labute approximate surface area is 205 Å². The first-order chi connectivity index (χ1) is 16.9. The average Bonchev–Trinajstić information content (AvgIpc) is 3.42. The number of fused-ring (bicyclic) bond motifs is 3. The zero-order valence-electron chi connectivity index (χ0n) is 19.8. The maximum atomic E-state index is 12.7. The van der Waals surface area contributed by atoms with Gasteiger partial charge in [0.1, 0.15) is 6.61 Å². The van der Waals surface area contributed by atoms with Gasteiger partial charge in [0.25, 0.3) is 0 Å². The smallest absolute Gasteiger partial charge is 0.407 e. The molecule has 2 atom stereocenters. The third kappa shape index (κ3) is 4.90. The number of benzene rings is 2. The monoisotopic (exact) mass is 476 g/mol. The fourth-order valence-corrected chi connectivity index (χ4v) is 5.96. The van der Waals surface area contributed by atoms with Gasteiger partial charge < -0.3 is 20.5 Å². The first-order valence-electron chi connectivity index (χ1n) is 12.6. The van der Waals surface area contributed by atoms with Crippen molar-refractivity contribution in [1.29, 1.82) is 0 Å². The summed E-state index contributed by atoms with van der Waals surface area (Å²) in [5.41, 5.74) is 4.47. The van der Waals surface area contributed by atoms with Crippen LogP contribution in [0, 0.1) is 11.3 Å². The number of hydrogen-bond donors (Lipinski definition) is 3. The Balaban J connectivity index is 1.12. The van der Waals surface area contributed by atoms with Gasteiger partial charge in [0.05, 0.1) is 5.92 Å². The number of carbonyl (C=O) groups excluding carboxylic acids is 2. The SMILES string of the molecule is O=C(CC1(CNC(=O)OCC2c3ccccc3-c3ccccc32)CCC1)NC1CCC(C(=O)O)C1. The highest BCUT2D eigenvalue weighted by Gasteiger charge is 2.40. The van der Waals surface area contributed by atoms with Crippen molar-refractivity contribution in [2.45, 2.75) is 56.9 Å². The molecular weight excluding hydrogens is 444 g/mol. The van der Waals surface area contributed by atoms with Crippen molar-refractivity contribution in [2.24, 2.45) is 11.3 Å². The average molecular weight is 477 g/mol. The van der Waals surface area contributed by atoms with Crippen LogP contribution >= 0.6 is 0 Å². The van der Waals surface area contributed by atoms with Crippen molar-refractivity contribution in [2.75, 3.05) is 13.2 Å². The van der Waals surface area contributed by atoms with Gasteiger partial charge in [-0.2, -0.15) is 0 Å². The second-order valence-corrected chi connectivity index (χ2v) is 10.3. The molecule has 7 nitrogen and oxygen atoms in total. The van der Waals surface area contributed by atoms with E-state index >= 15 is 0 Å². The maximum Gasteiger partial charge on any atom is 0.407 e. The Morgan fingerprint density at radius 2 is 1.63 bits per heavy atom. The number of amides is 2. The molecule has 0 heterocycles. The van der Waals surface area contributed by atoms with Crippen molar-refractivity contribution in [3.05, 3.63) is 59.7 Å². The molecule has 3 aliphatic carbocycles. The molecule has 0 bridgehead atoms. The molecule has 0 aliphatic heterocycles. The van der Waals surface area contributed by atoms with Crippen LogP contribution in [0.4, 0.5) is 4.79 Å². The molecular formula is C28H32N2O5. The van der Waals surface area contributed by atoms with Crippen LogP contribution in [-0.4, -0.2) is 42.3 Å². The van der Waals surface area contributed by atoms with Crippen molar-refractivity contribution in [1.82, 2.24) is 10.6 Å². The first kappa shape index (κ1) is 23.4. The molecule has 3 N–H and O–H groups in total. The van der Waals surface area contributed by atoms with Gasteiger partial charge in [0.2, 0.25) is 5.91 Å². The van der Waals surface area contributed by atoms with Crippen molar-refractivity contribution < 1.29 is 24.2 Å². The molecule has 0 saturated heterocycles. The molecule has 2 amide bonds. The highest BCUT2D eigenvalue weighted by Crippen LogP contribution is 2.45. The van der Waals surface area contributed by atoms with E-state index < -0.39 is 12.1 Å². The van der Waals surface area contributed by atoms with Crippen molar-refractivity contribution in [3.8, 4) is 11.1 Å². The summed E-state index contributed by atoms with van der Waals surface area (Å²) in [6, 6.07) is 16.4. The highest BCUT2D eigenvalue weighted by molar-refractivity contribution is 5.79. The van der Waals surface area contributed by atoms with Crippen LogP contribution in [0.3, 0.4) is 0 Å². The topological polar surface area (TPSA) is 105 Å². The Kier molecular flexibility index (Phi) is 6.50. The Morgan fingerprint density at radius 3 is 2.20 bits per heavy atom. The number of aliphatic carboxylic acids is 1. The number of hydrogen-bond acceptors (Lipinski definition) is 4. The number of ether oxygens (including phenoxy) is 1. The summed E-state index contributed by atoms with van der Waals surface area (Å²) < 4.78 is 5.64. The molecule has 2 unspecified atom stereocenters. The summed E-state index contributed by atoms with van der Waals surface area (Å²) in [6.45, 7) is 0.666. The second kappa shape index (κ2) is 9.72. The third-order valence-corrected chi connectivity index (χ3v) is 8.05. The number of nitrogens with one attached hydrogen (secondary N) is 2. The standard InChI is InChI=1S/C28H32N2O5/c31-25(30-19-11-10-18(14-19)26(32)33)15-28(12-5-13-28)17-29-27(34)35-16-24-22-8-3-1-6-20(22)21-7-2-4-9-23(21)24/h1-4,6-9,18-19,24H,5,10-17H2,(H,29,34)(H,30,31)(H,32,33). The molecule has 2 fully saturated rings. The molecule has 2 aromatic rings. The molecule has 35 heavy (non-hydrogen) atoms. The lowest BCUT2D eigenvalue weighted by molar-refractivity contribution is -0.141. The molecule has 0 radical (unpaired) electrons. The summed E-state index contributed by atoms with van der Waals surface area (Å²) in [6.07, 6.45) is 4.47. The normalized spacial score (nSPS) is 21.9. The summed E-state index contributed by atoms with van der Waals surface area (Å²) in [5, 5.41) is 15.1. The van der Waals surface area contributed by atoms with Gasteiger partial charge in [-0.1, -0.05) is 55.0 Å². The van der Waals surface area contributed by atoms with Crippen LogP contribution < -0.4 is 10.6 Å². The van der Waals surface area contributed by atoms with E-state index in [-0.39, 0.29) is 35.8 Å².